The minimum Gasteiger partial charge on any atom is -0.376 e. The Kier molecular flexibility index (Phi) is 5.03. The highest BCUT2D eigenvalue weighted by molar-refractivity contribution is 5.93. The molecular weight excluding hydrogens is 316 g/mol. The van der Waals surface area contributed by atoms with Crippen LogP contribution in [0.1, 0.15) is 18.3 Å². The van der Waals surface area contributed by atoms with E-state index in [1.54, 1.807) is 4.68 Å². The van der Waals surface area contributed by atoms with E-state index < -0.39 is 0 Å². The number of hydrogen-bond acceptors (Lipinski definition) is 5. The first kappa shape index (κ1) is 16.6. The summed E-state index contributed by atoms with van der Waals surface area (Å²) < 4.78 is 1.64. The van der Waals surface area contributed by atoms with Gasteiger partial charge in [0.15, 0.2) is 5.82 Å². The molecule has 0 spiro atoms. The van der Waals surface area contributed by atoms with Crippen molar-refractivity contribution in [1.29, 1.82) is 0 Å². The molecule has 0 aliphatic heterocycles. The molecule has 0 aliphatic carbocycles. The first-order valence-corrected chi connectivity index (χ1v) is 8.14. The Hall–Kier alpha value is -3.22. The number of benzene rings is 2. The van der Waals surface area contributed by atoms with Crippen molar-refractivity contribution in [2.24, 2.45) is 0 Å². The molecule has 0 bridgehead atoms. The van der Waals surface area contributed by atoms with Gasteiger partial charge in [0, 0.05) is 11.4 Å². The minimum atomic E-state index is -0.103. The summed E-state index contributed by atoms with van der Waals surface area (Å²) in [6.07, 6.45) is 0.979. The SMILES string of the molecule is CCc1ccc(NC(=O)CNc2cccc(-n3nnnc3C)c2)cc1. The topological polar surface area (TPSA) is 84.7 Å². The second-order valence-corrected chi connectivity index (χ2v) is 5.64. The number of rotatable bonds is 6. The van der Waals surface area contributed by atoms with Crippen molar-refractivity contribution in [2.75, 3.05) is 17.2 Å². The standard InChI is InChI=1S/C18H20N6O/c1-3-14-7-9-15(10-8-14)20-18(25)12-19-16-5-4-6-17(11-16)24-13(2)21-22-23-24/h4-11,19H,3,12H2,1-2H3,(H,20,25). The lowest BCUT2D eigenvalue weighted by Crippen LogP contribution is -2.21. The lowest BCUT2D eigenvalue weighted by molar-refractivity contribution is -0.114. The highest BCUT2D eigenvalue weighted by Gasteiger charge is 2.06. The molecule has 3 aromatic rings. The molecule has 1 aromatic heterocycles. The molecule has 3 rings (SSSR count). The van der Waals surface area contributed by atoms with Gasteiger partial charge in [0.05, 0.1) is 12.2 Å². The van der Waals surface area contributed by atoms with E-state index in [4.69, 9.17) is 0 Å². The summed E-state index contributed by atoms with van der Waals surface area (Å²) in [5, 5.41) is 17.4. The second-order valence-electron chi connectivity index (χ2n) is 5.64. The lowest BCUT2D eigenvalue weighted by Gasteiger charge is -2.10. The van der Waals surface area contributed by atoms with E-state index in [9.17, 15) is 4.79 Å². The monoisotopic (exact) mass is 336 g/mol. The largest absolute Gasteiger partial charge is 0.376 e. The number of tetrazole rings is 1. The average Bonchev–Trinajstić information content (AvgIpc) is 3.07. The minimum absolute atomic E-state index is 0.103. The van der Waals surface area contributed by atoms with Crippen LogP contribution >= 0.6 is 0 Å². The molecule has 25 heavy (non-hydrogen) atoms. The van der Waals surface area contributed by atoms with Gasteiger partial charge >= 0.3 is 0 Å². The number of aryl methyl sites for hydroxylation is 2. The molecule has 0 saturated carbocycles. The van der Waals surface area contributed by atoms with Gasteiger partial charge in [-0.15, -0.1) is 5.10 Å². The first-order chi connectivity index (χ1) is 12.2. The van der Waals surface area contributed by atoms with Crippen LogP contribution in [0.2, 0.25) is 0 Å². The van der Waals surface area contributed by atoms with E-state index in [2.05, 4.69) is 33.1 Å². The number of nitrogens with one attached hydrogen (secondary N) is 2. The summed E-state index contributed by atoms with van der Waals surface area (Å²) in [4.78, 5) is 12.1. The van der Waals surface area contributed by atoms with Gasteiger partial charge in [-0.25, -0.2) is 0 Å². The molecule has 1 amide bonds. The Morgan fingerprint density at radius 3 is 2.60 bits per heavy atom. The van der Waals surface area contributed by atoms with E-state index in [1.165, 1.54) is 5.56 Å². The normalized spacial score (nSPS) is 10.5. The summed E-state index contributed by atoms with van der Waals surface area (Å²) in [7, 11) is 0. The van der Waals surface area contributed by atoms with Crippen molar-refractivity contribution in [2.45, 2.75) is 20.3 Å². The molecule has 0 saturated heterocycles. The number of aromatic nitrogens is 4. The van der Waals surface area contributed by atoms with Crippen LogP contribution in [0.25, 0.3) is 5.69 Å². The van der Waals surface area contributed by atoms with Crippen molar-refractivity contribution in [3.63, 3.8) is 0 Å². The highest BCUT2D eigenvalue weighted by Crippen LogP contribution is 2.15. The Bertz CT molecular complexity index is 856. The van der Waals surface area contributed by atoms with E-state index in [1.807, 2.05) is 55.5 Å². The number of amides is 1. The number of anilines is 2. The third kappa shape index (κ3) is 4.20. The van der Waals surface area contributed by atoms with Crippen LogP contribution in [0.15, 0.2) is 48.5 Å². The molecule has 0 unspecified atom stereocenters. The number of hydrogen-bond donors (Lipinski definition) is 2. The fourth-order valence-electron chi connectivity index (χ4n) is 2.43. The molecule has 1 heterocycles. The molecule has 2 aromatic carbocycles. The van der Waals surface area contributed by atoms with Crippen LogP contribution in [0, 0.1) is 6.92 Å². The predicted octanol–water partition coefficient (Wildman–Crippen LogP) is 2.58. The summed E-state index contributed by atoms with van der Waals surface area (Å²) in [5.41, 5.74) is 3.69. The second kappa shape index (κ2) is 7.57. The number of nitrogens with zero attached hydrogens (tertiary/aromatic N) is 4. The van der Waals surface area contributed by atoms with Crippen molar-refractivity contribution in [3.05, 3.63) is 59.9 Å². The smallest absolute Gasteiger partial charge is 0.243 e. The summed E-state index contributed by atoms with van der Waals surface area (Å²) in [6, 6.07) is 15.4. The van der Waals surface area contributed by atoms with Crippen LogP contribution < -0.4 is 10.6 Å². The molecule has 7 nitrogen and oxygen atoms in total. The molecule has 2 N–H and O–H groups in total. The summed E-state index contributed by atoms with van der Waals surface area (Å²) >= 11 is 0. The van der Waals surface area contributed by atoms with Gasteiger partial charge in [-0.2, -0.15) is 4.68 Å². The average molecular weight is 336 g/mol. The molecule has 128 valence electrons. The maximum Gasteiger partial charge on any atom is 0.243 e. The van der Waals surface area contributed by atoms with Gasteiger partial charge in [-0.3, -0.25) is 4.79 Å². The molecule has 7 heteroatoms. The zero-order valence-electron chi connectivity index (χ0n) is 14.2. The number of carbonyl (C=O) groups is 1. The van der Waals surface area contributed by atoms with Crippen LogP contribution in [0.4, 0.5) is 11.4 Å². The van der Waals surface area contributed by atoms with Crippen molar-refractivity contribution >= 4 is 17.3 Å². The lowest BCUT2D eigenvalue weighted by atomic mass is 10.1. The van der Waals surface area contributed by atoms with Crippen LogP contribution in [0.3, 0.4) is 0 Å². The van der Waals surface area contributed by atoms with Crippen molar-refractivity contribution in [3.8, 4) is 5.69 Å². The zero-order valence-corrected chi connectivity index (χ0v) is 14.2. The molecular formula is C18H20N6O. The van der Waals surface area contributed by atoms with Gasteiger partial charge in [-0.05, 0) is 59.7 Å². The van der Waals surface area contributed by atoms with Gasteiger partial charge in [0.2, 0.25) is 5.91 Å². The van der Waals surface area contributed by atoms with E-state index in [0.29, 0.717) is 5.82 Å². The van der Waals surface area contributed by atoms with Gasteiger partial charge in [0.1, 0.15) is 0 Å². The summed E-state index contributed by atoms with van der Waals surface area (Å²) in [5.74, 6) is 0.596. The Labute approximate surface area is 146 Å². The Balaban J connectivity index is 1.59. The van der Waals surface area contributed by atoms with E-state index in [-0.39, 0.29) is 12.5 Å². The quantitative estimate of drug-likeness (QED) is 0.723. The van der Waals surface area contributed by atoms with E-state index in [0.717, 1.165) is 23.5 Å². The van der Waals surface area contributed by atoms with Gasteiger partial charge in [-0.1, -0.05) is 25.1 Å². The van der Waals surface area contributed by atoms with Crippen LogP contribution in [0.5, 0.6) is 0 Å². The molecule has 0 atom stereocenters. The fourth-order valence-corrected chi connectivity index (χ4v) is 2.43. The van der Waals surface area contributed by atoms with Crippen molar-refractivity contribution in [1.82, 2.24) is 20.2 Å². The van der Waals surface area contributed by atoms with Gasteiger partial charge < -0.3 is 10.6 Å². The Morgan fingerprint density at radius 2 is 1.92 bits per heavy atom. The maximum atomic E-state index is 12.1. The zero-order chi connectivity index (χ0) is 17.6. The third-order valence-electron chi connectivity index (χ3n) is 3.82. The highest BCUT2D eigenvalue weighted by atomic mass is 16.1. The van der Waals surface area contributed by atoms with Gasteiger partial charge in [0.25, 0.3) is 0 Å². The van der Waals surface area contributed by atoms with Crippen molar-refractivity contribution < 1.29 is 4.79 Å². The molecule has 0 fully saturated rings. The Morgan fingerprint density at radius 1 is 1.12 bits per heavy atom. The molecule has 0 radical (unpaired) electrons. The first-order valence-electron chi connectivity index (χ1n) is 8.14. The fraction of sp³-hybridized carbons (Fsp3) is 0.222. The van der Waals surface area contributed by atoms with Crippen LogP contribution in [-0.2, 0) is 11.2 Å². The maximum absolute atomic E-state index is 12.1. The van der Waals surface area contributed by atoms with Crippen LogP contribution in [-0.4, -0.2) is 32.7 Å². The van der Waals surface area contributed by atoms with E-state index >= 15 is 0 Å². The predicted molar refractivity (Wildman–Crippen MR) is 96.8 cm³/mol. The third-order valence-corrected chi connectivity index (χ3v) is 3.82. The summed E-state index contributed by atoms with van der Waals surface area (Å²) in [6.45, 7) is 4.10. The number of carbonyl (C=O) groups excluding carboxylic acids is 1. The molecule has 0 aliphatic rings.